The van der Waals surface area contributed by atoms with Crippen LogP contribution >= 0.6 is 0 Å². The second-order valence-corrected chi connectivity index (χ2v) is 4.55. The average Bonchev–Trinajstić information content (AvgIpc) is 3.00. The third-order valence-corrected chi connectivity index (χ3v) is 3.22. The van der Waals surface area contributed by atoms with Crippen molar-refractivity contribution in [3.8, 4) is 22.8 Å². The van der Waals surface area contributed by atoms with Crippen molar-refractivity contribution in [3.63, 3.8) is 0 Å². The first-order valence-corrected chi connectivity index (χ1v) is 6.66. The molecular formula is C16H16N4O. The SMILES string of the molecule is COc1ccc(-c2cc(CN)nn2-c2ccccn2)cc1. The fourth-order valence-corrected chi connectivity index (χ4v) is 2.15. The summed E-state index contributed by atoms with van der Waals surface area (Å²) in [5.74, 6) is 1.59. The molecule has 2 aromatic heterocycles. The Kier molecular flexibility index (Phi) is 3.66. The van der Waals surface area contributed by atoms with Gasteiger partial charge in [0.1, 0.15) is 5.75 Å². The summed E-state index contributed by atoms with van der Waals surface area (Å²) >= 11 is 0. The first kappa shape index (κ1) is 13.3. The molecule has 0 saturated heterocycles. The Morgan fingerprint density at radius 3 is 2.57 bits per heavy atom. The van der Waals surface area contributed by atoms with Gasteiger partial charge in [-0.25, -0.2) is 9.67 Å². The Balaban J connectivity index is 2.10. The Bertz CT molecular complexity index is 720. The van der Waals surface area contributed by atoms with Crippen molar-refractivity contribution in [1.82, 2.24) is 14.8 Å². The number of rotatable bonds is 4. The molecule has 1 aromatic carbocycles. The lowest BCUT2D eigenvalue weighted by molar-refractivity contribution is 0.415. The molecule has 2 N–H and O–H groups in total. The monoisotopic (exact) mass is 280 g/mol. The zero-order valence-electron chi connectivity index (χ0n) is 11.7. The zero-order chi connectivity index (χ0) is 14.7. The molecule has 0 radical (unpaired) electrons. The van der Waals surface area contributed by atoms with E-state index in [1.807, 2.05) is 53.2 Å². The molecule has 0 unspecified atom stereocenters. The van der Waals surface area contributed by atoms with Crippen molar-refractivity contribution < 1.29 is 4.74 Å². The molecule has 21 heavy (non-hydrogen) atoms. The van der Waals surface area contributed by atoms with E-state index in [2.05, 4.69) is 10.1 Å². The van der Waals surface area contributed by atoms with Crippen LogP contribution in [0, 0.1) is 0 Å². The largest absolute Gasteiger partial charge is 0.497 e. The highest BCUT2D eigenvalue weighted by molar-refractivity contribution is 5.63. The summed E-state index contributed by atoms with van der Waals surface area (Å²) in [5, 5.41) is 4.52. The highest BCUT2D eigenvalue weighted by Gasteiger charge is 2.11. The zero-order valence-corrected chi connectivity index (χ0v) is 11.7. The van der Waals surface area contributed by atoms with Gasteiger partial charge < -0.3 is 10.5 Å². The molecular weight excluding hydrogens is 264 g/mol. The lowest BCUT2D eigenvalue weighted by Gasteiger charge is -2.07. The van der Waals surface area contributed by atoms with Crippen LogP contribution in [0.5, 0.6) is 5.75 Å². The van der Waals surface area contributed by atoms with Crippen molar-refractivity contribution in [2.75, 3.05) is 7.11 Å². The van der Waals surface area contributed by atoms with Gasteiger partial charge in [0.15, 0.2) is 5.82 Å². The molecule has 0 spiro atoms. The van der Waals surface area contributed by atoms with Crippen LogP contribution in [0.25, 0.3) is 17.1 Å². The fraction of sp³-hybridized carbons (Fsp3) is 0.125. The van der Waals surface area contributed by atoms with Crippen LogP contribution in [-0.2, 0) is 6.54 Å². The highest BCUT2D eigenvalue weighted by Crippen LogP contribution is 2.25. The van der Waals surface area contributed by atoms with E-state index >= 15 is 0 Å². The molecule has 0 amide bonds. The predicted octanol–water partition coefficient (Wildman–Crippen LogP) is 2.40. The first-order valence-electron chi connectivity index (χ1n) is 6.66. The molecule has 0 aliphatic heterocycles. The Labute approximate surface area is 123 Å². The summed E-state index contributed by atoms with van der Waals surface area (Å²) < 4.78 is 7.00. The molecule has 3 rings (SSSR count). The van der Waals surface area contributed by atoms with Gasteiger partial charge >= 0.3 is 0 Å². The van der Waals surface area contributed by atoms with Crippen LogP contribution in [0.2, 0.25) is 0 Å². The van der Waals surface area contributed by atoms with Crippen LogP contribution in [0.1, 0.15) is 5.69 Å². The standard InChI is InChI=1S/C16H16N4O/c1-21-14-7-5-12(6-8-14)15-10-13(11-17)19-20(15)16-4-2-3-9-18-16/h2-10H,11,17H2,1H3. The van der Waals surface area contributed by atoms with Crippen LogP contribution in [-0.4, -0.2) is 21.9 Å². The smallest absolute Gasteiger partial charge is 0.153 e. The minimum atomic E-state index is 0.392. The molecule has 5 nitrogen and oxygen atoms in total. The van der Waals surface area contributed by atoms with Gasteiger partial charge in [0, 0.05) is 18.3 Å². The van der Waals surface area contributed by atoms with Gasteiger partial charge in [-0.3, -0.25) is 0 Å². The van der Waals surface area contributed by atoms with E-state index in [1.54, 1.807) is 13.3 Å². The minimum Gasteiger partial charge on any atom is -0.497 e. The molecule has 0 aliphatic rings. The number of pyridine rings is 1. The third-order valence-electron chi connectivity index (χ3n) is 3.22. The van der Waals surface area contributed by atoms with Gasteiger partial charge in [-0.05, 0) is 42.5 Å². The van der Waals surface area contributed by atoms with Crippen molar-refractivity contribution in [3.05, 3.63) is 60.4 Å². The molecule has 5 heteroatoms. The first-order chi connectivity index (χ1) is 10.3. The number of nitrogens with two attached hydrogens (primary N) is 1. The third kappa shape index (κ3) is 2.64. The number of ether oxygens (including phenoxy) is 1. The van der Waals surface area contributed by atoms with Crippen LogP contribution < -0.4 is 10.5 Å². The Morgan fingerprint density at radius 2 is 1.95 bits per heavy atom. The number of benzene rings is 1. The quantitative estimate of drug-likeness (QED) is 0.797. The van der Waals surface area contributed by atoms with Crippen LogP contribution in [0.3, 0.4) is 0 Å². The van der Waals surface area contributed by atoms with Crippen LogP contribution in [0.4, 0.5) is 0 Å². The summed E-state index contributed by atoms with van der Waals surface area (Å²) in [6, 6.07) is 15.6. The van der Waals surface area contributed by atoms with E-state index in [0.717, 1.165) is 28.5 Å². The van der Waals surface area contributed by atoms with Gasteiger partial charge in [0.05, 0.1) is 18.5 Å². The van der Waals surface area contributed by atoms with Gasteiger partial charge in [0.25, 0.3) is 0 Å². The van der Waals surface area contributed by atoms with Gasteiger partial charge in [-0.2, -0.15) is 5.10 Å². The maximum atomic E-state index is 5.72. The fourth-order valence-electron chi connectivity index (χ4n) is 2.15. The second-order valence-electron chi connectivity index (χ2n) is 4.55. The summed E-state index contributed by atoms with van der Waals surface area (Å²) in [6.45, 7) is 0.392. The Hall–Kier alpha value is -2.66. The number of hydrogen-bond acceptors (Lipinski definition) is 4. The highest BCUT2D eigenvalue weighted by atomic mass is 16.5. The minimum absolute atomic E-state index is 0.392. The summed E-state index contributed by atoms with van der Waals surface area (Å²) in [7, 11) is 1.65. The second kappa shape index (κ2) is 5.76. The summed E-state index contributed by atoms with van der Waals surface area (Å²) in [5.41, 5.74) is 8.53. The van der Waals surface area contributed by atoms with Gasteiger partial charge in [0.2, 0.25) is 0 Å². The van der Waals surface area contributed by atoms with E-state index in [4.69, 9.17) is 10.5 Å². The number of methoxy groups -OCH3 is 1. The lowest BCUT2D eigenvalue weighted by Crippen LogP contribution is -2.03. The summed E-state index contributed by atoms with van der Waals surface area (Å²) in [4.78, 5) is 4.35. The number of nitrogens with zero attached hydrogens (tertiary/aromatic N) is 3. The van der Waals surface area contributed by atoms with E-state index < -0.39 is 0 Å². The van der Waals surface area contributed by atoms with E-state index in [1.165, 1.54) is 0 Å². The van der Waals surface area contributed by atoms with E-state index in [9.17, 15) is 0 Å². The molecule has 0 saturated carbocycles. The topological polar surface area (TPSA) is 66.0 Å². The average molecular weight is 280 g/mol. The van der Waals surface area contributed by atoms with Gasteiger partial charge in [-0.15, -0.1) is 0 Å². The van der Waals surface area contributed by atoms with Gasteiger partial charge in [-0.1, -0.05) is 6.07 Å². The predicted molar refractivity (Wildman–Crippen MR) is 81.2 cm³/mol. The Morgan fingerprint density at radius 1 is 1.14 bits per heavy atom. The van der Waals surface area contributed by atoms with E-state index in [0.29, 0.717) is 6.54 Å². The molecule has 106 valence electrons. The lowest BCUT2D eigenvalue weighted by atomic mass is 10.1. The van der Waals surface area contributed by atoms with Crippen molar-refractivity contribution >= 4 is 0 Å². The molecule has 0 bridgehead atoms. The number of hydrogen-bond donors (Lipinski definition) is 1. The maximum Gasteiger partial charge on any atom is 0.153 e. The van der Waals surface area contributed by atoms with Crippen molar-refractivity contribution in [2.45, 2.75) is 6.54 Å². The molecule has 2 heterocycles. The van der Waals surface area contributed by atoms with Crippen molar-refractivity contribution in [1.29, 1.82) is 0 Å². The van der Waals surface area contributed by atoms with Crippen molar-refractivity contribution in [2.24, 2.45) is 5.73 Å². The molecule has 0 fully saturated rings. The number of aromatic nitrogens is 3. The molecule has 0 atom stereocenters. The molecule has 3 aromatic rings. The molecule has 0 aliphatic carbocycles. The van der Waals surface area contributed by atoms with E-state index in [-0.39, 0.29) is 0 Å². The summed E-state index contributed by atoms with van der Waals surface area (Å²) in [6.07, 6.45) is 1.75. The maximum absolute atomic E-state index is 5.72. The van der Waals surface area contributed by atoms with Crippen LogP contribution in [0.15, 0.2) is 54.7 Å². The normalized spacial score (nSPS) is 10.6.